The fourth-order valence-corrected chi connectivity index (χ4v) is 2.63. The molecule has 2 aromatic rings. The Bertz CT molecular complexity index is 604. The van der Waals surface area contributed by atoms with Crippen molar-refractivity contribution < 1.29 is 9.90 Å². The maximum atomic E-state index is 12.0. The molecule has 0 saturated carbocycles. The molecule has 0 radical (unpaired) electrons. The first-order valence-corrected chi connectivity index (χ1v) is 6.13. The lowest BCUT2D eigenvalue weighted by Gasteiger charge is -2.15. The smallest absolute Gasteiger partial charge is 0.192 e. The second-order valence-electron chi connectivity index (χ2n) is 4.43. The number of carbonyl (C=O) groups excluding carboxylic acids is 1. The van der Waals surface area contributed by atoms with Crippen LogP contribution in [0, 0.1) is 0 Å². The Morgan fingerprint density at radius 3 is 2.39 bits per heavy atom. The maximum Gasteiger partial charge on any atom is 0.192 e. The number of aliphatic hydroxyl groups excluding tert-OH is 1. The third-order valence-electron chi connectivity index (χ3n) is 3.37. The number of hydrogen-bond acceptors (Lipinski definition) is 2. The molecule has 2 aromatic carbocycles. The van der Waals surface area contributed by atoms with Crippen molar-refractivity contribution in [2.75, 3.05) is 0 Å². The van der Waals surface area contributed by atoms with Crippen LogP contribution in [-0.2, 0) is 0 Å². The number of rotatable bonds is 1. The van der Waals surface area contributed by atoms with Crippen molar-refractivity contribution in [3.63, 3.8) is 0 Å². The van der Waals surface area contributed by atoms with Gasteiger partial charge in [-0.15, -0.1) is 0 Å². The molecule has 0 spiro atoms. The number of ketones is 1. The Kier molecular flexibility index (Phi) is 2.69. The predicted octanol–water partition coefficient (Wildman–Crippen LogP) is 3.03. The highest BCUT2D eigenvalue weighted by Crippen LogP contribution is 2.38. The predicted molar refractivity (Wildman–Crippen MR) is 70.1 cm³/mol. The molecule has 0 aromatic heterocycles. The summed E-state index contributed by atoms with van der Waals surface area (Å²) in [5.74, 6) is -0.489. The summed E-state index contributed by atoms with van der Waals surface area (Å²) in [5.41, 5.74) is 2.41. The van der Waals surface area contributed by atoms with Crippen molar-refractivity contribution in [3.05, 3.63) is 70.2 Å². The van der Waals surface area contributed by atoms with E-state index in [1.165, 1.54) is 0 Å². The maximum absolute atomic E-state index is 12.0. The van der Waals surface area contributed by atoms with Gasteiger partial charge in [-0.25, -0.2) is 0 Å². The van der Waals surface area contributed by atoms with E-state index in [9.17, 15) is 9.90 Å². The van der Waals surface area contributed by atoms with E-state index < -0.39 is 6.10 Å². The van der Waals surface area contributed by atoms with Crippen LogP contribution in [0.3, 0.4) is 0 Å². The molecule has 0 bridgehead atoms. The van der Waals surface area contributed by atoms with Gasteiger partial charge in [-0.2, -0.15) is 0 Å². The summed E-state index contributed by atoms with van der Waals surface area (Å²) in [7, 11) is 0. The number of Topliss-reactive ketones (excluding diaryl/α,β-unsaturated/α-hetero) is 1. The van der Waals surface area contributed by atoms with Crippen LogP contribution in [0.25, 0.3) is 0 Å². The number of hydrogen-bond donors (Lipinski definition) is 1. The quantitative estimate of drug-likeness (QED) is 0.854. The van der Waals surface area contributed by atoms with Crippen molar-refractivity contribution in [2.24, 2.45) is 0 Å². The number of fused-ring (bicyclic) bond motifs is 1. The van der Waals surface area contributed by atoms with Crippen molar-refractivity contribution in [3.8, 4) is 0 Å². The summed E-state index contributed by atoms with van der Waals surface area (Å²) >= 11 is 5.85. The third-order valence-corrected chi connectivity index (χ3v) is 3.63. The van der Waals surface area contributed by atoms with Crippen molar-refractivity contribution >= 4 is 17.4 Å². The van der Waals surface area contributed by atoms with Gasteiger partial charge < -0.3 is 5.11 Å². The molecule has 0 amide bonds. The van der Waals surface area contributed by atoms with Crippen LogP contribution in [0.5, 0.6) is 0 Å². The summed E-state index contributed by atoms with van der Waals surface area (Å²) in [6.45, 7) is 0. The van der Waals surface area contributed by atoms with Crippen LogP contribution < -0.4 is 0 Å². The molecule has 90 valence electrons. The molecular weight excluding hydrogens is 248 g/mol. The van der Waals surface area contributed by atoms with Crippen molar-refractivity contribution in [1.29, 1.82) is 0 Å². The fraction of sp³-hybridized carbons (Fsp3) is 0.133. The lowest BCUT2D eigenvalue weighted by atomic mass is 9.91. The Hall–Kier alpha value is -1.64. The van der Waals surface area contributed by atoms with Crippen LogP contribution >= 0.6 is 11.6 Å². The standard InChI is InChI=1S/C15H11ClO2/c16-10-7-5-9(6-8-10)13-11-3-1-2-4-12(11)14(17)15(13)18/h1-8,13,15,18H. The summed E-state index contributed by atoms with van der Waals surface area (Å²) < 4.78 is 0. The summed E-state index contributed by atoms with van der Waals surface area (Å²) in [5, 5.41) is 10.8. The van der Waals surface area contributed by atoms with Crippen LogP contribution in [0.15, 0.2) is 48.5 Å². The molecule has 3 heteroatoms. The molecule has 3 rings (SSSR count). The first-order chi connectivity index (χ1) is 8.68. The fourth-order valence-electron chi connectivity index (χ4n) is 2.51. The van der Waals surface area contributed by atoms with E-state index in [4.69, 9.17) is 11.6 Å². The number of benzene rings is 2. The Morgan fingerprint density at radius 1 is 1.00 bits per heavy atom. The van der Waals surface area contributed by atoms with E-state index in [1.807, 2.05) is 30.3 Å². The molecule has 2 nitrogen and oxygen atoms in total. The minimum absolute atomic E-state index is 0.203. The summed E-state index contributed by atoms with van der Waals surface area (Å²) in [4.78, 5) is 12.0. The zero-order valence-electron chi connectivity index (χ0n) is 9.51. The van der Waals surface area contributed by atoms with E-state index >= 15 is 0 Å². The van der Waals surface area contributed by atoms with Gasteiger partial charge in [0.2, 0.25) is 0 Å². The topological polar surface area (TPSA) is 37.3 Å². The third kappa shape index (κ3) is 1.65. The minimum atomic E-state index is -0.997. The van der Waals surface area contributed by atoms with Crippen LogP contribution in [0.1, 0.15) is 27.4 Å². The van der Waals surface area contributed by atoms with Gasteiger partial charge in [0.1, 0.15) is 6.10 Å². The average molecular weight is 259 g/mol. The molecule has 0 fully saturated rings. The van der Waals surface area contributed by atoms with Gasteiger partial charge in [-0.1, -0.05) is 48.0 Å². The Balaban J connectivity index is 2.13. The SMILES string of the molecule is O=C1c2ccccc2C(c2ccc(Cl)cc2)C1O. The summed E-state index contributed by atoms with van der Waals surface area (Å²) in [6, 6.07) is 14.6. The van der Waals surface area contributed by atoms with Crippen molar-refractivity contribution in [2.45, 2.75) is 12.0 Å². The molecule has 1 aliphatic carbocycles. The largest absolute Gasteiger partial charge is 0.384 e. The van der Waals surface area contributed by atoms with Gasteiger partial charge in [0.15, 0.2) is 5.78 Å². The first kappa shape index (κ1) is 11.5. The highest BCUT2D eigenvalue weighted by molar-refractivity contribution is 6.30. The monoisotopic (exact) mass is 258 g/mol. The number of halogens is 1. The molecule has 1 N–H and O–H groups in total. The molecule has 2 unspecified atom stereocenters. The Morgan fingerprint density at radius 2 is 1.67 bits per heavy atom. The molecule has 0 heterocycles. The van der Waals surface area contributed by atoms with E-state index in [0.717, 1.165) is 11.1 Å². The summed E-state index contributed by atoms with van der Waals surface area (Å²) in [6.07, 6.45) is -0.997. The van der Waals surface area contributed by atoms with E-state index in [1.54, 1.807) is 18.2 Å². The number of aliphatic hydroxyl groups is 1. The molecule has 18 heavy (non-hydrogen) atoms. The molecule has 1 aliphatic rings. The second kappa shape index (κ2) is 4.23. The van der Waals surface area contributed by atoms with Gasteiger partial charge in [0, 0.05) is 16.5 Å². The van der Waals surface area contributed by atoms with E-state index in [-0.39, 0.29) is 11.7 Å². The van der Waals surface area contributed by atoms with Gasteiger partial charge in [0.05, 0.1) is 0 Å². The van der Waals surface area contributed by atoms with Gasteiger partial charge >= 0.3 is 0 Å². The van der Waals surface area contributed by atoms with E-state index in [2.05, 4.69) is 0 Å². The zero-order valence-corrected chi connectivity index (χ0v) is 10.3. The van der Waals surface area contributed by atoms with Gasteiger partial charge in [0.25, 0.3) is 0 Å². The first-order valence-electron chi connectivity index (χ1n) is 5.75. The van der Waals surface area contributed by atoms with Gasteiger partial charge in [-0.3, -0.25) is 4.79 Å². The average Bonchev–Trinajstić information content (AvgIpc) is 2.64. The second-order valence-corrected chi connectivity index (χ2v) is 4.86. The van der Waals surface area contributed by atoms with E-state index in [0.29, 0.717) is 10.6 Å². The lowest BCUT2D eigenvalue weighted by Crippen LogP contribution is -2.20. The molecule has 2 atom stereocenters. The molecule has 0 aliphatic heterocycles. The highest BCUT2D eigenvalue weighted by Gasteiger charge is 2.38. The van der Waals surface area contributed by atoms with Crippen LogP contribution in [-0.4, -0.2) is 17.0 Å². The Labute approximate surface area is 110 Å². The highest BCUT2D eigenvalue weighted by atomic mass is 35.5. The minimum Gasteiger partial charge on any atom is -0.384 e. The molecule has 0 saturated heterocycles. The zero-order chi connectivity index (χ0) is 12.7. The van der Waals surface area contributed by atoms with Crippen LogP contribution in [0.4, 0.5) is 0 Å². The lowest BCUT2D eigenvalue weighted by molar-refractivity contribution is 0.0754. The van der Waals surface area contributed by atoms with Crippen molar-refractivity contribution in [1.82, 2.24) is 0 Å². The normalized spacial score (nSPS) is 22.0. The molecular formula is C15H11ClO2. The van der Waals surface area contributed by atoms with Gasteiger partial charge in [-0.05, 0) is 23.3 Å². The number of carbonyl (C=O) groups is 1. The van der Waals surface area contributed by atoms with Crippen LogP contribution in [0.2, 0.25) is 5.02 Å².